The molecule has 380 valence electrons. The van der Waals surface area contributed by atoms with Gasteiger partial charge in [0.1, 0.15) is 48.6 Å². The summed E-state index contributed by atoms with van der Waals surface area (Å²) in [5, 5.41) is 38.2. The zero-order chi connectivity index (χ0) is 51.6. The van der Waals surface area contributed by atoms with Gasteiger partial charge in [-0.1, -0.05) is 41.5 Å². The fourth-order valence-electron chi connectivity index (χ4n) is 6.19. The van der Waals surface area contributed by atoms with E-state index in [1.165, 1.54) is 0 Å². The number of nitrogens with one attached hydrogen (secondary N) is 8. The number of carbonyl (C=O) groups is 12. The second-order valence-corrected chi connectivity index (χ2v) is 17.3. The summed E-state index contributed by atoms with van der Waals surface area (Å²) in [6, 6.07) is -11.1. The molecule has 0 aromatic rings. The molecule has 0 unspecified atom stereocenters. The Labute approximate surface area is 389 Å². The van der Waals surface area contributed by atoms with Gasteiger partial charge in [0.05, 0.1) is 25.8 Å². The van der Waals surface area contributed by atoms with Crippen molar-refractivity contribution in [1.29, 1.82) is 0 Å². The number of hydrogen-bond donors (Lipinski definition) is 14. The Morgan fingerprint density at radius 1 is 0.448 bits per heavy atom. The molecule has 0 saturated carbocycles. The third kappa shape index (κ3) is 25.9. The highest BCUT2D eigenvalue weighted by Crippen LogP contribution is 2.11. The molecule has 8 atom stereocenters. The molecule has 26 heteroatoms. The first-order chi connectivity index (χ1) is 31.2. The van der Waals surface area contributed by atoms with Crippen LogP contribution in [-0.4, -0.2) is 150 Å². The van der Waals surface area contributed by atoms with Crippen LogP contribution in [0.3, 0.4) is 0 Å². The van der Waals surface area contributed by atoms with Gasteiger partial charge in [-0.05, 0) is 56.3 Å². The lowest BCUT2D eigenvalue weighted by atomic mass is 10.00. The standard InChI is InChI=1S/C41H72N12O14/c1-20(2)13-24(42)35(61)51-28(14-21(3)4)40(66)53-30(19-56)41(67)50-27(9-12-33(45)59)38(64)52-29(15-22(5)6)39(65)49-25(7-10-31(43)57)36(62)46-16-34(60)48-26(8-11-32(44)58)37(63)47-23(17-54)18-55/h17,20-30,55-56H,7-16,18-19,42H2,1-6H3,(H2,43,57)(H2,44,58)(H2,45,59)(H,46,62)(H,47,63)(H,48,60)(H,49,65)(H,50,67)(H,51,61)(H,52,64)(H,53,66)/t23-,24+,25+,26+,27+,28+,29+,30+/m1/s1. The van der Waals surface area contributed by atoms with Gasteiger partial charge >= 0.3 is 0 Å². The Hall–Kier alpha value is -6.28. The van der Waals surface area contributed by atoms with Crippen molar-refractivity contribution in [3.63, 3.8) is 0 Å². The number of aldehydes is 1. The summed E-state index contributed by atoms with van der Waals surface area (Å²) in [4.78, 5) is 152. The summed E-state index contributed by atoms with van der Waals surface area (Å²) in [5.41, 5.74) is 21.8. The Balaban J connectivity index is 6.29. The van der Waals surface area contributed by atoms with Crippen LogP contribution in [0.1, 0.15) is 99.3 Å². The van der Waals surface area contributed by atoms with Gasteiger partial charge in [-0.3, -0.25) is 52.7 Å². The molecule has 0 aromatic heterocycles. The molecule has 0 aromatic carbocycles. The maximum atomic E-state index is 13.8. The second kappa shape index (κ2) is 31.6. The van der Waals surface area contributed by atoms with Gasteiger partial charge in [-0.2, -0.15) is 0 Å². The fraction of sp³-hybridized carbons (Fsp3) is 0.707. The smallest absolute Gasteiger partial charge is 0.245 e. The minimum absolute atomic E-state index is 0.0737. The van der Waals surface area contributed by atoms with E-state index in [1.54, 1.807) is 27.7 Å². The first-order valence-corrected chi connectivity index (χ1v) is 21.9. The van der Waals surface area contributed by atoms with Crippen molar-refractivity contribution in [2.75, 3.05) is 19.8 Å². The quantitative estimate of drug-likeness (QED) is 0.0267. The van der Waals surface area contributed by atoms with E-state index in [9.17, 15) is 67.7 Å². The Kier molecular flexibility index (Phi) is 28.6. The van der Waals surface area contributed by atoms with Crippen molar-refractivity contribution in [1.82, 2.24) is 42.5 Å². The van der Waals surface area contributed by atoms with Crippen LogP contribution in [0.4, 0.5) is 0 Å². The van der Waals surface area contributed by atoms with Crippen LogP contribution < -0.4 is 65.5 Å². The molecule has 0 heterocycles. The van der Waals surface area contributed by atoms with E-state index in [2.05, 4.69) is 42.5 Å². The third-order valence-corrected chi connectivity index (χ3v) is 9.63. The van der Waals surface area contributed by atoms with Crippen LogP contribution in [0.25, 0.3) is 0 Å². The summed E-state index contributed by atoms with van der Waals surface area (Å²) >= 11 is 0. The van der Waals surface area contributed by atoms with Crippen LogP contribution in [0.2, 0.25) is 0 Å². The molecule has 0 saturated heterocycles. The molecule has 11 amide bonds. The first kappa shape index (κ1) is 60.7. The van der Waals surface area contributed by atoms with Gasteiger partial charge in [0, 0.05) is 19.3 Å². The molecule has 0 aliphatic carbocycles. The van der Waals surface area contributed by atoms with E-state index in [-0.39, 0.29) is 49.7 Å². The molecule has 0 radical (unpaired) electrons. The van der Waals surface area contributed by atoms with Gasteiger partial charge in [0.2, 0.25) is 65.0 Å². The van der Waals surface area contributed by atoms with E-state index >= 15 is 0 Å². The van der Waals surface area contributed by atoms with Crippen molar-refractivity contribution in [3.05, 3.63) is 0 Å². The fourth-order valence-corrected chi connectivity index (χ4v) is 6.19. The topological polar surface area (TPSA) is 446 Å². The van der Waals surface area contributed by atoms with E-state index in [1.807, 2.05) is 13.8 Å². The first-order valence-electron chi connectivity index (χ1n) is 21.9. The van der Waals surface area contributed by atoms with Gasteiger partial charge in [0.15, 0.2) is 0 Å². The predicted molar refractivity (Wildman–Crippen MR) is 238 cm³/mol. The molecular formula is C41H72N12O14. The highest BCUT2D eigenvalue weighted by Gasteiger charge is 2.34. The van der Waals surface area contributed by atoms with E-state index in [0.717, 1.165) is 0 Å². The van der Waals surface area contributed by atoms with Crippen LogP contribution in [0.15, 0.2) is 0 Å². The van der Waals surface area contributed by atoms with Gasteiger partial charge in [-0.15, -0.1) is 0 Å². The van der Waals surface area contributed by atoms with Gasteiger partial charge in [0.25, 0.3) is 0 Å². The molecule has 0 bridgehead atoms. The number of nitrogens with two attached hydrogens (primary N) is 4. The maximum absolute atomic E-state index is 13.8. The Morgan fingerprint density at radius 3 is 1.18 bits per heavy atom. The average Bonchev–Trinajstić information content (AvgIpc) is 3.23. The molecule has 0 aliphatic heterocycles. The molecule has 18 N–H and O–H groups in total. The van der Waals surface area contributed by atoms with Gasteiger partial charge < -0.3 is 80.5 Å². The largest absolute Gasteiger partial charge is 0.394 e. The lowest BCUT2D eigenvalue weighted by Gasteiger charge is -2.27. The number of hydrogen-bond acceptors (Lipinski definition) is 15. The molecule has 0 fully saturated rings. The Bertz CT molecular complexity index is 1730. The number of amides is 11. The highest BCUT2D eigenvalue weighted by molar-refractivity contribution is 5.98. The minimum atomic E-state index is -1.67. The summed E-state index contributed by atoms with van der Waals surface area (Å²) < 4.78 is 0. The highest BCUT2D eigenvalue weighted by atomic mass is 16.3. The third-order valence-electron chi connectivity index (χ3n) is 9.63. The molecule has 26 nitrogen and oxygen atoms in total. The molecule has 0 aliphatic rings. The summed E-state index contributed by atoms with van der Waals surface area (Å²) in [7, 11) is 0. The van der Waals surface area contributed by atoms with E-state index in [4.69, 9.17) is 22.9 Å². The number of carbonyl (C=O) groups excluding carboxylic acids is 12. The van der Waals surface area contributed by atoms with Crippen LogP contribution in [0.5, 0.6) is 0 Å². The summed E-state index contributed by atoms with van der Waals surface area (Å²) in [6.07, 6.45) is -1.77. The minimum Gasteiger partial charge on any atom is -0.394 e. The Morgan fingerprint density at radius 2 is 0.791 bits per heavy atom. The summed E-state index contributed by atoms with van der Waals surface area (Å²) in [5.74, 6) is -10.4. The molecule has 0 spiro atoms. The van der Waals surface area contributed by atoms with Crippen molar-refractivity contribution >= 4 is 71.3 Å². The molecule has 67 heavy (non-hydrogen) atoms. The SMILES string of the molecule is CC(C)C[C@H](NC(=O)[C@H](CCC(N)=O)NC(=O)[C@H](CO)NC(=O)[C@H](CC(C)C)NC(=O)[C@@H](N)CC(C)C)C(=O)N[C@@H](CCC(N)=O)C(=O)NCC(=O)N[C@@H](CCC(N)=O)C(=O)N[C@H](C=O)CO. The van der Waals surface area contributed by atoms with Crippen LogP contribution in [-0.2, 0) is 57.5 Å². The number of aliphatic hydroxyl groups excluding tert-OH is 2. The van der Waals surface area contributed by atoms with E-state index < -0.39 is 159 Å². The molecule has 0 rings (SSSR count). The lowest BCUT2D eigenvalue weighted by Crippen LogP contribution is -2.60. The maximum Gasteiger partial charge on any atom is 0.245 e. The van der Waals surface area contributed by atoms with Crippen molar-refractivity contribution in [3.8, 4) is 0 Å². The zero-order valence-corrected chi connectivity index (χ0v) is 39.0. The second-order valence-electron chi connectivity index (χ2n) is 17.3. The van der Waals surface area contributed by atoms with Crippen molar-refractivity contribution in [2.45, 2.75) is 148 Å². The summed E-state index contributed by atoms with van der Waals surface area (Å²) in [6.45, 7) is 8.13. The van der Waals surface area contributed by atoms with Crippen molar-refractivity contribution < 1.29 is 67.7 Å². The van der Waals surface area contributed by atoms with Gasteiger partial charge in [-0.25, -0.2) is 0 Å². The monoisotopic (exact) mass is 957 g/mol. The van der Waals surface area contributed by atoms with Crippen LogP contribution >= 0.6 is 0 Å². The number of rotatable bonds is 34. The van der Waals surface area contributed by atoms with E-state index in [0.29, 0.717) is 6.42 Å². The lowest BCUT2D eigenvalue weighted by molar-refractivity contribution is -0.136. The van der Waals surface area contributed by atoms with Crippen molar-refractivity contribution in [2.24, 2.45) is 40.7 Å². The normalized spacial score (nSPS) is 14.7. The number of aliphatic hydroxyl groups is 2. The predicted octanol–water partition coefficient (Wildman–Crippen LogP) is -6.06. The number of primary amides is 3. The average molecular weight is 957 g/mol. The zero-order valence-electron chi connectivity index (χ0n) is 39.0. The van der Waals surface area contributed by atoms with Crippen LogP contribution in [0, 0.1) is 17.8 Å². The molecular weight excluding hydrogens is 885 g/mol.